The number of aromatic nitrogens is 2. The fourth-order valence-corrected chi connectivity index (χ4v) is 2.55. The first kappa shape index (κ1) is 13.4. The first-order chi connectivity index (χ1) is 8.47. The lowest BCUT2D eigenvalue weighted by Gasteiger charge is -2.07. The normalized spacial score (nSPS) is 12.4. The van der Waals surface area contributed by atoms with Crippen molar-refractivity contribution in [3.8, 4) is 0 Å². The number of hydrogen-bond donors (Lipinski definition) is 1. The van der Waals surface area contributed by atoms with Crippen LogP contribution >= 0.6 is 11.3 Å². The zero-order chi connectivity index (χ0) is 13.2. The second-order valence-electron chi connectivity index (χ2n) is 4.09. The molecular weight excluding hydrogens is 263 g/mol. The van der Waals surface area contributed by atoms with Gasteiger partial charge in [0.25, 0.3) is 0 Å². The maximum absolute atomic E-state index is 11.9. The highest BCUT2D eigenvalue weighted by Crippen LogP contribution is 2.21. The third kappa shape index (κ3) is 3.23. The number of thiazole rings is 1. The van der Waals surface area contributed by atoms with Crippen molar-refractivity contribution in [3.63, 3.8) is 0 Å². The summed E-state index contributed by atoms with van der Waals surface area (Å²) in [5, 5.41) is 4.97. The summed E-state index contributed by atoms with van der Waals surface area (Å²) in [6.07, 6.45) is -2.77. The number of rotatable bonds is 5. The van der Waals surface area contributed by atoms with Gasteiger partial charge in [0.05, 0.1) is 11.4 Å². The molecule has 18 heavy (non-hydrogen) atoms. The fourth-order valence-electron chi connectivity index (χ4n) is 1.77. The average Bonchev–Trinajstić information content (AvgIpc) is 2.78. The van der Waals surface area contributed by atoms with E-state index in [1.54, 1.807) is 11.3 Å². The lowest BCUT2D eigenvalue weighted by Crippen LogP contribution is -2.19. The molecule has 2 aromatic heterocycles. The van der Waals surface area contributed by atoms with Gasteiger partial charge in [-0.1, -0.05) is 0 Å². The van der Waals surface area contributed by atoms with E-state index in [-0.39, 0.29) is 6.42 Å². The molecule has 3 nitrogen and oxygen atoms in total. The average molecular weight is 277 g/mol. The second-order valence-corrected chi connectivity index (χ2v) is 4.97. The topological polar surface area (TPSA) is 29.3 Å². The molecular formula is C11H14F3N3S. The van der Waals surface area contributed by atoms with Crippen LogP contribution in [0.3, 0.4) is 0 Å². The van der Waals surface area contributed by atoms with E-state index in [0.717, 1.165) is 16.3 Å². The van der Waals surface area contributed by atoms with Crippen molar-refractivity contribution in [3.05, 3.63) is 23.0 Å². The molecule has 0 aliphatic carbocycles. The molecule has 7 heteroatoms. The Morgan fingerprint density at radius 3 is 2.94 bits per heavy atom. The van der Waals surface area contributed by atoms with Crippen LogP contribution in [0.25, 0.3) is 4.96 Å². The molecule has 0 bridgehead atoms. The van der Waals surface area contributed by atoms with Crippen LogP contribution in [-0.4, -0.2) is 22.1 Å². The van der Waals surface area contributed by atoms with E-state index >= 15 is 0 Å². The van der Waals surface area contributed by atoms with Gasteiger partial charge in [-0.05, 0) is 19.9 Å². The first-order valence-corrected chi connectivity index (χ1v) is 6.54. The van der Waals surface area contributed by atoms with Crippen LogP contribution in [0, 0.1) is 6.92 Å². The molecule has 0 radical (unpaired) electrons. The van der Waals surface area contributed by atoms with Gasteiger partial charge in [0.1, 0.15) is 0 Å². The number of nitrogens with one attached hydrogen (secondary N) is 1. The Kier molecular flexibility index (Phi) is 3.91. The van der Waals surface area contributed by atoms with E-state index in [9.17, 15) is 13.2 Å². The highest BCUT2D eigenvalue weighted by Gasteiger charge is 2.25. The Balaban J connectivity index is 1.83. The summed E-state index contributed by atoms with van der Waals surface area (Å²) < 4.78 is 37.8. The Hall–Kier alpha value is -1.08. The monoisotopic (exact) mass is 277 g/mol. The van der Waals surface area contributed by atoms with Gasteiger partial charge in [-0.2, -0.15) is 13.2 Å². The maximum atomic E-state index is 11.9. The van der Waals surface area contributed by atoms with Gasteiger partial charge >= 0.3 is 6.18 Å². The molecule has 2 aromatic rings. The van der Waals surface area contributed by atoms with Crippen molar-refractivity contribution >= 4 is 16.3 Å². The first-order valence-electron chi connectivity index (χ1n) is 5.66. The summed E-state index contributed by atoms with van der Waals surface area (Å²) >= 11 is 1.54. The number of halogens is 3. The van der Waals surface area contributed by atoms with Crippen molar-refractivity contribution in [2.24, 2.45) is 0 Å². The SMILES string of the molecule is Cc1nc2sccn2c1CNCCCC(F)(F)F. The van der Waals surface area contributed by atoms with Gasteiger partial charge in [-0.25, -0.2) is 4.98 Å². The molecule has 0 saturated carbocycles. The number of fused-ring (bicyclic) bond motifs is 1. The second kappa shape index (κ2) is 5.27. The molecule has 0 saturated heterocycles. The van der Waals surface area contributed by atoms with Crippen LogP contribution < -0.4 is 5.32 Å². The molecule has 0 spiro atoms. The van der Waals surface area contributed by atoms with Crippen molar-refractivity contribution in [2.45, 2.75) is 32.5 Å². The van der Waals surface area contributed by atoms with Gasteiger partial charge < -0.3 is 5.32 Å². The maximum Gasteiger partial charge on any atom is 0.389 e. The van der Waals surface area contributed by atoms with Crippen LogP contribution in [0.1, 0.15) is 24.2 Å². The summed E-state index contributed by atoms with van der Waals surface area (Å²) in [5.41, 5.74) is 1.93. The van der Waals surface area contributed by atoms with Crippen molar-refractivity contribution in [1.82, 2.24) is 14.7 Å². The van der Waals surface area contributed by atoms with Crippen LogP contribution in [0.4, 0.5) is 13.2 Å². The standard InChI is InChI=1S/C11H14F3N3S/c1-8-9(17-5-6-18-10(17)16-8)7-15-4-2-3-11(12,13)14/h5-6,15H,2-4,7H2,1H3. The van der Waals surface area contributed by atoms with Crippen LogP contribution in [0.2, 0.25) is 0 Å². The van der Waals surface area contributed by atoms with Gasteiger partial charge in [-0.15, -0.1) is 11.3 Å². The quantitative estimate of drug-likeness (QED) is 0.851. The zero-order valence-corrected chi connectivity index (χ0v) is 10.7. The van der Waals surface area contributed by atoms with E-state index in [2.05, 4.69) is 10.3 Å². The lowest BCUT2D eigenvalue weighted by atomic mass is 10.3. The number of hydrogen-bond acceptors (Lipinski definition) is 3. The Morgan fingerprint density at radius 1 is 1.44 bits per heavy atom. The minimum absolute atomic E-state index is 0.105. The van der Waals surface area contributed by atoms with Gasteiger partial charge in [0, 0.05) is 24.5 Å². The van der Waals surface area contributed by atoms with E-state index in [4.69, 9.17) is 0 Å². The van der Waals surface area contributed by atoms with Crippen LogP contribution in [0.5, 0.6) is 0 Å². The predicted octanol–water partition coefficient (Wildman–Crippen LogP) is 3.14. The van der Waals surface area contributed by atoms with Gasteiger partial charge in [0.15, 0.2) is 4.96 Å². The minimum atomic E-state index is -4.06. The van der Waals surface area contributed by atoms with E-state index in [1.807, 2.05) is 22.9 Å². The number of nitrogens with zero attached hydrogens (tertiary/aromatic N) is 2. The van der Waals surface area contributed by atoms with Crippen molar-refractivity contribution in [1.29, 1.82) is 0 Å². The van der Waals surface area contributed by atoms with E-state index < -0.39 is 12.6 Å². The summed E-state index contributed by atoms with van der Waals surface area (Å²) in [4.78, 5) is 5.29. The summed E-state index contributed by atoms with van der Waals surface area (Å²) in [6, 6.07) is 0. The lowest BCUT2D eigenvalue weighted by molar-refractivity contribution is -0.135. The fraction of sp³-hybridized carbons (Fsp3) is 0.545. The zero-order valence-electron chi connectivity index (χ0n) is 9.92. The van der Waals surface area contributed by atoms with Crippen LogP contribution in [-0.2, 0) is 6.54 Å². The number of imidazole rings is 1. The van der Waals surface area contributed by atoms with Gasteiger partial charge in [0.2, 0.25) is 0 Å². The summed E-state index contributed by atoms with van der Waals surface area (Å²) in [6.45, 7) is 2.81. The number of alkyl halides is 3. The third-order valence-electron chi connectivity index (χ3n) is 2.67. The molecule has 0 amide bonds. The smallest absolute Gasteiger partial charge is 0.311 e. The van der Waals surface area contributed by atoms with E-state index in [0.29, 0.717) is 13.1 Å². The Bertz CT molecular complexity index is 515. The molecule has 100 valence electrons. The largest absolute Gasteiger partial charge is 0.389 e. The molecule has 0 aliphatic heterocycles. The molecule has 2 rings (SSSR count). The molecule has 1 N–H and O–H groups in total. The molecule has 0 atom stereocenters. The minimum Gasteiger partial charge on any atom is -0.311 e. The highest BCUT2D eigenvalue weighted by molar-refractivity contribution is 7.15. The Morgan fingerprint density at radius 2 is 2.22 bits per heavy atom. The van der Waals surface area contributed by atoms with Gasteiger partial charge in [-0.3, -0.25) is 4.40 Å². The molecule has 0 aliphatic rings. The predicted molar refractivity (Wildman–Crippen MR) is 64.8 cm³/mol. The third-order valence-corrected chi connectivity index (χ3v) is 3.42. The Labute approximate surface area is 107 Å². The summed E-state index contributed by atoms with van der Waals surface area (Å²) in [7, 11) is 0. The van der Waals surface area contributed by atoms with E-state index in [1.165, 1.54) is 0 Å². The molecule has 2 heterocycles. The summed E-state index contributed by atoms with van der Waals surface area (Å²) in [5.74, 6) is 0. The van der Waals surface area contributed by atoms with Crippen molar-refractivity contribution < 1.29 is 13.2 Å². The van der Waals surface area contributed by atoms with Crippen LogP contribution in [0.15, 0.2) is 11.6 Å². The highest BCUT2D eigenvalue weighted by atomic mass is 32.1. The molecule has 0 fully saturated rings. The van der Waals surface area contributed by atoms with Crippen molar-refractivity contribution in [2.75, 3.05) is 6.54 Å². The molecule has 0 aromatic carbocycles. The number of aryl methyl sites for hydroxylation is 1. The molecule has 0 unspecified atom stereocenters.